The monoisotopic (exact) mass is 416 g/mol. The van der Waals surface area contributed by atoms with E-state index in [1.165, 1.54) is 44.1 Å². The molecule has 160 valence electrons. The first kappa shape index (κ1) is 21.2. The average molecular weight is 417 g/mol. The lowest BCUT2D eigenvalue weighted by atomic mass is 9.49. The molecule has 5 rings (SSSR count). The van der Waals surface area contributed by atoms with E-state index in [1.54, 1.807) is 0 Å². The van der Waals surface area contributed by atoms with E-state index in [0.29, 0.717) is 16.0 Å². The Morgan fingerprint density at radius 3 is 2.31 bits per heavy atom. The highest BCUT2D eigenvalue weighted by Crippen LogP contribution is 2.59. The molecular weight excluding hydrogens is 380 g/mol. The molecule has 29 heavy (non-hydrogen) atoms. The standard InChI is InChI=1S/C25H37ClN2O/c1-24(2,3)28-8-4-5-17-6-7-22(26)21(12-17)23(29)27-16-25-13-18-9-19(14-25)11-20(10-18)15-25/h6-7,12,18-20,28H,4-5,8-11,13-16H2,1-3H3,(H,27,29). The van der Waals surface area contributed by atoms with Crippen LogP contribution >= 0.6 is 11.6 Å². The summed E-state index contributed by atoms with van der Waals surface area (Å²) < 4.78 is 0. The lowest BCUT2D eigenvalue weighted by Gasteiger charge is -2.56. The third-order valence-electron chi connectivity index (χ3n) is 7.36. The quantitative estimate of drug-likeness (QED) is 0.567. The van der Waals surface area contributed by atoms with Gasteiger partial charge < -0.3 is 10.6 Å². The molecule has 4 saturated carbocycles. The summed E-state index contributed by atoms with van der Waals surface area (Å²) >= 11 is 6.39. The third-order valence-corrected chi connectivity index (χ3v) is 7.69. The maximum absolute atomic E-state index is 13.0. The van der Waals surface area contributed by atoms with E-state index < -0.39 is 0 Å². The van der Waals surface area contributed by atoms with Crippen molar-refractivity contribution in [3.63, 3.8) is 0 Å². The average Bonchev–Trinajstić information content (AvgIpc) is 2.63. The summed E-state index contributed by atoms with van der Waals surface area (Å²) in [4.78, 5) is 13.0. The molecule has 0 aliphatic heterocycles. The van der Waals surface area contributed by atoms with Crippen molar-refractivity contribution < 1.29 is 4.79 Å². The van der Waals surface area contributed by atoms with E-state index >= 15 is 0 Å². The van der Waals surface area contributed by atoms with Crippen molar-refractivity contribution in [1.29, 1.82) is 0 Å². The SMILES string of the molecule is CC(C)(C)NCCCc1ccc(Cl)c(C(=O)NCC23CC4CC(CC(C4)C2)C3)c1. The van der Waals surface area contributed by atoms with E-state index in [9.17, 15) is 4.79 Å². The zero-order valence-corrected chi connectivity index (χ0v) is 19.1. The van der Waals surface area contributed by atoms with Gasteiger partial charge in [-0.3, -0.25) is 4.79 Å². The molecule has 1 aromatic carbocycles. The van der Waals surface area contributed by atoms with Crippen LogP contribution in [0.1, 0.15) is 81.6 Å². The minimum Gasteiger partial charge on any atom is -0.351 e. The van der Waals surface area contributed by atoms with E-state index in [4.69, 9.17) is 11.6 Å². The van der Waals surface area contributed by atoms with Gasteiger partial charge in [0.2, 0.25) is 0 Å². The molecule has 2 N–H and O–H groups in total. The Hall–Kier alpha value is -1.06. The predicted molar refractivity (Wildman–Crippen MR) is 120 cm³/mol. The first-order valence-corrected chi connectivity index (χ1v) is 11.9. The molecule has 4 aliphatic carbocycles. The number of nitrogens with one attached hydrogen (secondary N) is 2. The molecule has 0 atom stereocenters. The van der Waals surface area contributed by atoms with Gasteiger partial charge in [0.15, 0.2) is 0 Å². The summed E-state index contributed by atoms with van der Waals surface area (Å²) in [6.07, 6.45) is 10.2. The lowest BCUT2D eigenvalue weighted by molar-refractivity contribution is -0.0503. The number of hydrogen-bond acceptors (Lipinski definition) is 2. The summed E-state index contributed by atoms with van der Waals surface area (Å²) in [6, 6.07) is 5.93. The first-order valence-electron chi connectivity index (χ1n) is 11.5. The molecule has 0 saturated heterocycles. The largest absolute Gasteiger partial charge is 0.351 e. The molecule has 4 aliphatic rings. The molecule has 1 aromatic rings. The number of rotatable bonds is 7. The molecule has 0 spiro atoms. The zero-order chi connectivity index (χ0) is 20.6. The predicted octanol–water partition coefficient (Wildman–Crippen LogP) is 5.61. The van der Waals surface area contributed by atoms with Gasteiger partial charge in [-0.2, -0.15) is 0 Å². The Morgan fingerprint density at radius 1 is 1.10 bits per heavy atom. The highest BCUT2D eigenvalue weighted by molar-refractivity contribution is 6.33. The number of amides is 1. The smallest absolute Gasteiger partial charge is 0.252 e. The lowest BCUT2D eigenvalue weighted by Crippen LogP contribution is -2.51. The van der Waals surface area contributed by atoms with Crippen molar-refractivity contribution >= 4 is 17.5 Å². The molecule has 4 heteroatoms. The summed E-state index contributed by atoms with van der Waals surface area (Å²) in [5.41, 5.74) is 2.32. The van der Waals surface area contributed by atoms with Crippen LogP contribution in [-0.2, 0) is 6.42 Å². The van der Waals surface area contributed by atoms with E-state index in [-0.39, 0.29) is 11.4 Å². The fourth-order valence-electron chi connectivity index (χ4n) is 6.53. The summed E-state index contributed by atoms with van der Waals surface area (Å²) in [5, 5.41) is 7.35. The normalized spacial score (nSPS) is 30.6. The Bertz CT molecular complexity index is 716. The van der Waals surface area contributed by atoms with Crippen molar-refractivity contribution in [1.82, 2.24) is 10.6 Å². The number of halogens is 1. The van der Waals surface area contributed by atoms with Gasteiger partial charge in [-0.25, -0.2) is 0 Å². The Kier molecular flexibility index (Phi) is 6.01. The molecule has 0 heterocycles. The Labute approximate surface area is 181 Å². The Morgan fingerprint density at radius 2 is 1.72 bits per heavy atom. The van der Waals surface area contributed by atoms with Gasteiger partial charge in [0.1, 0.15) is 0 Å². The number of carbonyl (C=O) groups is 1. The topological polar surface area (TPSA) is 41.1 Å². The van der Waals surface area contributed by atoms with Crippen LogP contribution in [0, 0.1) is 23.2 Å². The third kappa shape index (κ3) is 5.17. The highest BCUT2D eigenvalue weighted by atomic mass is 35.5. The van der Waals surface area contributed by atoms with Gasteiger partial charge in [-0.15, -0.1) is 0 Å². The van der Waals surface area contributed by atoms with Crippen LogP contribution in [0.5, 0.6) is 0 Å². The van der Waals surface area contributed by atoms with Gasteiger partial charge in [0.05, 0.1) is 10.6 Å². The summed E-state index contributed by atoms with van der Waals surface area (Å²) in [7, 11) is 0. The van der Waals surface area contributed by atoms with Crippen LogP contribution in [0.3, 0.4) is 0 Å². The van der Waals surface area contributed by atoms with Crippen molar-refractivity contribution in [2.75, 3.05) is 13.1 Å². The van der Waals surface area contributed by atoms with Gasteiger partial charge in [0.25, 0.3) is 5.91 Å². The number of aryl methyl sites for hydroxylation is 1. The van der Waals surface area contributed by atoms with Crippen LogP contribution in [0.4, 0.5) is 0 Å². The molecule has 0 aromatic heterocycles. The second-order valence-electron chi connectivity index (χ2n) is 11.2. The van der Waals surface area contributed by atoms with Gasteiger partial charge >= 0.3 is 0 Å². The number of carbonyl (C=O) groups excluding carboxylic acids is 1. The van der Waals surface area contributed by atoms with Crippen LogP contribution < -0.4 is 10.6 Å². The van der Waals surface area contributed by atoms with Crippen molar-refractivity contribution in [2.45, 2.75) is 77.7 Å². The second kappa shape index (κ2) is 8.23. The molecule has 4 bridgehead atoms. The maximum Gasteiger partial charge on any atom is 0.252 e. The molecule has 0 unspecified atom stereocenters. The van der Waals surface area contributed by atoms with Crippen molar-refractivity contribution in [2.24, 2.45) is 23.2 Å². The zero-order valence-electron chi connectivity index (χ0n) is 18.3. The Balaban J connectivity index is 1.33. The van der Waals surface area contributed by atoms with E-state index in [1.807, 2.05) is 12.1 Å². The summed E-state index contributed by atoms with van der Waals surface area (Å²) in [6.45, 7) is 8.34. The van der Waals surface area contributed by atoms with Crippen molar-refractivity contribution in [3.8, 4) is 0 Å². The van der Waals surface area contributed by atoms with E-state index in [0.717, 1.165) is 43.7 Å². The molecule has 3 nitrogen and oxygen atoms in total. The minimum absolute atomic E-state index is 0.000381. The maximum atomic E-state index is 13.0. The van der Waals surface area contributed by atoms with Gasteiger partial charge in [-0.1, -0.05) is 17.7 Å². The highest BCUT2D eigenvalue weighted by Gasteiger charge is 2.50. The molecular formula is C25H37ClN2O. The van der Waals surface area contributed by atoms with Gasteiger partial charge in [0, 0.05) is 12.1 Å². The number of hydrogen-bond donors (Lipinski definition) is 2. The second-order valence-corrected chi connectivity index (χ2v) is 11.6. The molecule has 4 fully saturated rings. The van der Waals surface area contributed by atoms with Crippen molar-refractivity contribution in [3.05, 3.63) is 34.3 Å². The summed E-state index contributed by atoms with van der Waals surface area (Å²) in [5.74, 6) is 2.73. The van der Waals surface area contributed by atoms with Crippen LogP contribution in [-0.4, -0.2) is 24.5 Å². The van der Waals surface area contributed by atoms with Crippen LogP contribution in [0.2, 0.25) is 5.02 Å². The fourth-order valence-corrected chi connectivity index (χ4v) is 6.73. The van der Waals surface area contributed by atoms with Crippen LogP contribution in [0.25, 0.3) is 0 Å². The van der Waals surface area contributed by atoms with Crippen LogP contribution in [0.15, 0.2) is 18.2 Å². The van der Waals surface area contributed by atoms with E-state index in [2.05, 4.69) is 37.5 Å². The number of benzene rings is 1. The van der Waals surface area contributed by atoms with Gasteiger partial charge in [-0.05, 0) is 120 Å². The minimum atomic E-state index is 0.000381. The first-order chi connectivity index (χ1) is 13.7. The fraction of sp³-hybridized carbons (Fsp3) is 0.720. The molecule has 0 radical (unpaired) electrons. The molecule has 1 amide bonds.